The number of nitrogens with two attached hydrogens (primary N) is 1. The number of nitrogens with zero attached hydrogens (tertiary/aromatic N) is 2. The van der Waals surface area contributed by atoms with Gasteiger partial charge >= 0.3 is 0 Å². The Kier molecular flexibility index (Phi) is 6.51. The number of nitro benzene ring substituents is 1. The zero-order valence-corrected chi connectivity index (χ0v) is 16.4. The van der Waals surface area contributed by atoms with E-state index in [1.165, 1.54) is 50.5 Å². The number of anilines is 2. The van der Waals surface area contributed by atoms with Crippen LogP contribution < -0.4 is 16.4 Å². The van der Waals surface area contributed by atoms with E-state index in [1.54, 1.807) is 0 Å². The van der Waals surface area contributed by atoms with Gasteiger partial charge in [0.15, 0.2) is 0 Å². The van der Waals surface area contributed by atoms with Gasteiger partial charge in [-0.15, -0.1) is 0 Å². The largest absolute Gasteiger partial charge is 0.383 e. The molecule has 0 fully saturated rings. The van der Waals surface area contributed by atoms with Crippen molar-refractivity contribution in [2.24, 2.45) is 5.73 Å². The summed E-state index contributed by atoms with van der Waals surface area (Å²) >= 11 is 0. The van der Waals surface area contributed by atoms with Gasteiger partial charge in [0.25, 0.3) is 5.69 Å². The number of rotatable bonds is 8. The smallest absolute Gasteiger partial charge is 0.293 e. The van der Waals surface area contributed by atoms with Crippen LogP contribution in [0.3, 0.4) is 0 Å². The third-order valence-electron chi connectivity index (χ3n) is 3.96. The lowest BCUT2D eigenvalue weighted by molar-refractivity contribution is -0.384. The molecule has 0 aliphatic carbocycles. The minimum absolute atomic E-state index is 0.161. The molecule has 0 aliphatic rings. The average molecular weight is 421 g/mol. The second-order valence-electron chi connectivity index (χ2n) is 5.94. The summed E-state index contributed by atoms with van der Waals surface area (Å²) in [6, 6.07) is 9.16. The Morgan fingerprint density at radius 3 is 2.31 bits per heavy atom. The van der Waals surface area contributed by atoms with Crippen molar-refractivity contribution in [3.05, 3.63) is 58.1 Å². The predicted molar refractivity (Wildman–Crippen MR) is 106 cm³/mol. The number of hydrogen-bond donors (Lipinski definition) is 3. The van der Waals surface area contributed by atoms with Crippen molar-refractivity contribution in [2.45, 2.75) is 4.90 Å². The van der Waals surface area contributed by atoms with Gasteiger partial charge < -0.3 is 16.4 Å². The number of likely N-dealkylation sites (N-methyl/N-ethyl adjacent to an activating group) is 1. The Balaban J connectivity index is 2.15. The maximum Gasteiger partial charge on any atom is 0.293 e. The highest BCUT2D eigenvalue weighted by molar-refractivity contribution is 7.89. The summed E-state index contributed by atoms with van der Waals surface area (Å²) in [5, 5.41) is 16.2. The topological polar surface area (TPSA) is 165 Å². The van der Waals surface area contributed by atoms with Crippen molar-refractivity contribution in [3.8, 4) is 0 Å². The Hall–Kier alpha value is -3.51. The average Bonchev–Trinajstić information content (AvgIpc) is 2.67. The first-order valence-corrected chi connectivity index (χ1v) is 9.62. The van der Waals surface area contributed by atoms with Crippen molar-refractivity contribution < 1.29 is 22.9 Å². The standard InChI is InChI=1S/C17H19N5O6S/c1-19-14-8-7-13(9-15(14)22(25)26)29(27,28)21(2)10-16(23)20-12-5-3-11(4-6-12)17(18)24/h3-9,19H,10H2,1-2H3,(H2,18,24)(H,20,23). The van der Waals surface area contributed by atoms with Crippen molar-refractivity contribution >= 4 is 38.9 Å². The van der Waals surface area contributed by atoms with E-state index < -0.39 is 39.0 Å². The van der Waals surface area contributed by atoms with E-state index in [4.69, 9.17) is 5.73 Å². The normalized spacial score (nSPS) is 11.1. The van der Waals surface area contributed by atoms with Gasteiger partial charge in [0.2, 0.25) is 21.8 Å². The Bertz CT molecular complexity index is 1050. The van der Waals surface area contributed by atoms with Gasteiger partial charge in [-0.05, 0) is 36.4 Å². The maximum absolute atomic E-state index is 12.7. The number of benzene rings is 2. The first-order chi connectivity index (χ1) is 13.6. The highest BCUT2D eigenvalue weighted by Crippen LogP contribution is 2.28. The molecule has 0 saturated heterocycles. The molecule has 0 saturated carbocycles. The summed E-state index contributed by atoms with van der Waals surface area (Å²) in [5.41, 5.74) is 5.50. The van der Waals surface area contributed by atoms with E-state index in [0.717, 1.165) is 10.4 Å². The van der Waals surface area contributed by atoms with Crippen LogP contribution in [-0.2, 0) is 14.8 Å². The van der Waals surface area contributed by atoms with Crippen molar-refractivity contribution in [2.75, 3.05) is 31.3 Å². The number of sulfonamides is 1. The van der Waals surface area contributed by atoms with E-state index in [9.17, 15) is 28.1 Å². The summed E-state index contributed by atoms with van der Waals surface area (Å²) in [7, 11) is -1.49. The van der Waals surface area contributed by atoms with Crippen molar-refractivity contribution in [1.29, 1.82) is 0 Å². The molecule has 11 nitrogen and oxygen atoms in total. The van der Waals surface area contributed by atoms with Crippen LogP contribution >= 0.6 is 0 Å². The lowest BCUT2D eigenvalue weighted by atomic mass is 10.2. The fraction of sp³-hybridized carbons (Fsp3) is 0.176. The molecule has 2 aromatic carbocycles. The molecular weight excluding hydrogens is 402 g/mol. The molecule has 0 bridgehead atoms. The number of nitrogens with one attached hydrogen (secondary N) is 2. The van der Waals surface area contributed by atoms with Crippen molar-refractivity contribution in [1.82, 2.24) is 4.31 Å². The van der Waals surface area contributed by atoms with Crippen LogP contribution in [0.4, 0.5) is 17.1 Å². The van der Waals surface area contributed by atoms with E-state index in [0.29, 0.717) is 5.69 Å². The molecule has 2 aromatic rings. The first kappa shape index (κ1) is 21.8. The molecule has 154 valence electrons. The SMILES string of the molecule is CNc1ccc(S(=O)(=O)N(C)CC(=O)Nc2ccc(C(N)=O)cc2)cc1[N+](=O)[O-]. The molecule has 0 aromatic heterocycles. The zero-order chi connectivity index (χ0) is 21.8. The number of carbonyl (C=O) groups excluding carboxylic acids is 2. The quantitative estimate of drug-likeness (QED) is 0.422. The molecule has 0 unspecified atom stereocenters. The van der Waals surface area contributed by atoms with Gasteiger partial charge in [0.1, 0.15) is 5.69 Å². The van der Waals surface area contributed by atoms with Crippen LogP contribution in [0.25, 0.3) is 0 Å². The highest BCUT2D eigenvalue weighted by atomic mass is 32.2. The third kappa shape index (κ3) is 5.06. The molecule has 0 radical (unpaired) electrons. The lowest BCUT2D eigenvalue weighted by Gasteiger charge is -2.17. The van der Waals surface area contributed by atoms with Crippen LogP contribution in [0.5, 0.6) is 0 Å². The van der Waals surface area contributed by atoms with Gasteiger partial charge in [-0.1, -0.05) is 0 Å². The molecule has 0 aliphatic heterocycles. The molecule has 12 heteroatoms. The number of primary amides is 1. The zero-order valence-electron chi connectivity index (χ0n) is 15.6. The first-order valence-electron chi connectivity index (χ1n) is 8.18. The number of hydrogen-bond acceptors (Lipinski definition) is 7. The minimum Gasteiger partial charge on any atom is -0.383 e. The van der Waals surface area contributed by atoms with Gasteiger partial charge in [-0.2, -0.15) is 4.31 Å². The summed E-state index contributed by atoms with van der Waals surface area (Å²) in [6.07, 6.45) is 0. The molecule has 0 spiro atoms. The number of nitro groups is 1. The molecule has 2 rings (SSSR count). The fourth-order valence-corrected chi connectivity index (χ4v) is 3.57. The molecule has 0 atom stereocenters. The van der Waals surface area contributed by atoms with Crippen LogP contribution in [-0.4, -0.2) is 50.1 Å². The van der Waals surface area contributed by atoms with E-state index in [1.807, 2.05) is 0 Å². The molecule has 2 amide bonds. The van der Waals surface area contributed by atoms with Crippen LogP contribution in [0, 0.1) is 10.1 Å². The monoisotopic (exact) mass is 421 g/mol. The van der Waals surface area contributed by atoms with Gasteiger partial charge in [0.05, 0.1) is 16.4 Å². The van der Waals surface area contributed by atoms with E-state index in [-0.39, 0.29) is 16.1 Å². The van der Waals surface area contributed by atoms with Crippen LogP contribution in [0.1, 0.15) is 10.4 Å². The summed E-state index contributed by atoms with van der Waals surface area (Å²) in [6.45, 7) is -0.526. The third-order valence-corrected chi connectivity index (χ3v) is 5.76. The van der Waals surface area contributed by atoms with Crippen LogP contribution in [0.15, 0.2) is 47.4 Å². The fourth-order valence-electron chi connectivity index (χ4n) is 2.42. The van der Waals surface area contributed by atoms with E-state index >= 15 is 0 Å². The highest BCUT2D eigenvalue weighted by Gasteiger charge is 2.26. The second-order valence-corrected chi connectivity index (χ2v) is 7.98. The number of amides is 2. The van der Waals surface area contributed by atoms with E-state index in [2.05, 4.69) is 10.6 Å². The van der Waals surface area contributed by atoms with Gasteiger partial charge in [-0.3, -0.25) is 19.7 Å². The number of carbonyl (C=O) groups is 2. The molecule has 29 heavy (non-hydrogen) atoms. The minimum atomic E-state index is -4.15. The molecular formula is C17H19N5O6S. The van der Waals surface area contributed by atoms with Crippen molar-refractivity contribution in [3.63, 3.8) is 0 Å². The Morgan fingerprint density at radius 2 is 1.79 bits per heavy atom. The maximum atomic E-state index is 12.7. The van der Waals surface area contributed by atoms with Gasteiger partial charge in [-0.25, -0.2) is 8.42 Å². The lowest BCUT2D eigenvalue weighted by Crippen LogP contribution is -2.35. The summed E-state index contributed by atoms with van der Waals surface area (Å²) in [4.78, 5) is 33.3. The second kappa shape index (κ2) is 8.67. The van der Waals surface area contributed by atoms with Crippen LogP contribution in [0.2, 0.25) is 0 Å². The molecule has 0 heterocycles. The Morgan fingerprint density at radius 1 is 1.17 bits per heavy atom. The molecule has 4 N–H and O–H groups in total. The van der Waals surface area contributed by atoms with Gasteiger partial charge in [0, 0.05) is 31.4 Å². The predicted octanol–water partition coefficient (Wildman–Crippen LogP) is 0.995. The summed E-state index contributed by atoms with van der Waals surface area (Å²) in [5.74, 6) is -1.25. The Labute approximate surface area is 166 Å². The summed E-state index contributed by atoms with van der Waals surface area (Å²) < 4.78 is 26.1.